The molecular formula is C40H27NS. The highest BCUT2D eigenvalue weighted by molar-refractivity contribution is 7.99. The van der Waals surface area contributed by atoms with E-state index in [9.17, 15) is 0 Å². The van der Waals surface area contributed by atoms with Crippen LogP contribution in [0.25, 0.3) is 33.0 Å². The van der Waals surface area contributed by atoms with Crippen molar-refractivity contribution in [1.29, 1.82) is 0 Å². The third-order valence-corrected chi connectivity index (χ3v) is 10.2. The molecule has 1 aliphatic carbocycles. The van der Waals surface area contributed by atoms with Crippen LogP contribution in [0.4, 0.5) is 11.4 Å². The van der Waals surface area contributed by atoms with Gasteiger partial charge in [-0.1, -0.05) is 127 Å². The molecule has 9 rings (SSSR count). The summed E-state index contributed by atoms with van der Waals surface area (Å²) in [5.41, 5.74) is 11.8. The van der Waals surface area contributed by atoms with E-state index >= 15 is 0 Å². The van der Waals surface area contributed by atoms with Gasteiger partial charge in [0.25, 0.3) is 0 Å². The zero-order valence-corrected chi connectivity index (χ0v) is 23.8. The third kappa shape index (κ3) is 3.52. The maximum Gasteiger partial charge on any atom is 0.0497 e. The Labute approximate surface area is 250 Å². The minimum absolute atomic E-state index is 0.276. The van der Waals surface area contributed by atoms with E-state index < -0.39 is 0 Å². The number of rotatable bonds is 3. The van der Waals surface area contributed by atoms with E-state index in [1.165, 1.54) is 71.0 Å². The number of allylic oxidation sites excluding steroid dienone is 4. The van der Waals surface area contributed by atoms with Gasteiger partial charge in [0.1, 0.15) is 0 Å². The summed E-state index contributed by atoms with van der Waals surface area (Å²) in [5, 5.41) is 2.70. The van der Waals surface area contributed by atoms with Gasteiger partial charge in [0.05, 0.1) is 0 Å². The van der Waals surface area contributed by atoms with Crippen LogP contribution in [0.3, 0.4) is 0 Å². The second-order valence-electron chi connectivity index (χ2n) is 11.3. The van der Waals surface area contributed by atoms with Crippen molar-refractivity contribution in [2.75, 3.05) is 4.90 Å². The molecule has 0 fully saturated rings. The average Bonchev–Trinajstić information content (AvgIpc) is 3.40. The third-order valence-electron chi connectivity index (χ3n) is 9.05. The van der Waals surface area contributed by atoms with Crippen LogP contribution in [-0.2, 0) is 0 Å². The highest BCUT2D eigenvalue weighted by Crippen LogP contribution is 2.55. The van der Waals surface area contributed by atoms with E-state index in [-0.39, 0.29) is 11.8 Å². The topological polar surface area (TPSA) is 3.24 Å². The maximum atomic E-state index is 2.44. The summed E-state index contributed by atoms with van der Waals surface area (Å²) in [6.07, 6.45) is 6.92. The Balaban J connectivity index is 1.11. The van der Waals surface area contributed by atoms with Crippen LogP contribution in [0.2, 0.25) is 0 Å². The average molecular weight is 554 g/mol. The quantitative estimate of drug-likeness (QED) is 0.214. The molecule has 3 aliphatic rings. The summed E-state index contributed by atoms with van der Waals surface area (Å²) in [4.78, 5) is 5.12. The molecule has 42 heavy (non-hydrogen) atoms. The molecule has 198 valence electrons. The van der Waals surface area contributed by atoms with Crippen molar-refractivity contribution in [3.05, 3.63) is 169 Å². The molecule has 2 aliphatic heterocycles. The van der Waals surface area contributed by atoms with Gasteiger partial charge < -0.3 is 4.90 Å². The second-order valence-corrected chi connectivity index (χ2v) is 12.4. The van der Waals surface area contributed by atoms with Gasteiger partial charge in [-0.05, 0) is 75.2 Å². The van der Waals surface area contributed by atoms with Crippen LogP contribution >= 0.6 is 11.8 Å². The number of fused-ring (bicyclic) bond motifs is 5. The molecule has 2 atom stereocenters. The standard InChI is InChI=1S/C40H27NS/c1-2-10-28(11-3-1)41-35-17-6-4-13-34(35)39-30(14-9-18-36(39)41)27-22-20-26(21-23-27)29-24-25-38-40-32(29)15-8-16-33(40)31-12-5-7-19-37(31)42-38/h1-25,30,39H. The fraction of sp³-hybridized carbons (Fsp3) is 0.0500. The van der Waals surface area contributed by atoms with E-state index in [1.54, 1.807) is 0 Å². The summed E-state index contributed by atoms with van der Waals surface area (Å²) < 4.78 is 0. The zero-order chi connectivity index (χ0) is 27.6. The zero-order valence-electron chi connectivity index (χ0n) is 22.9. The van der Waals surface area contributed by atoms with Crippen LogP contribution in [0, 0.1) is 0 Å². The fourth-order valence-electron chi connectivity index (χ4n) is 7.22. The Bertz CT molecular complexity index is 2070. The molecule has 6 aromatic rings. The van der Waals surface area contributed by atoms with Crippen LogP contribution in [0.5, 0.6) is 0 Å². The first-order chi connectivity index (χ1) is 20.8. The van der Waals surface area contributed by atoms with E-state index in [0.717, 1.165) is 0 Å². The van der Waals surface area contributed by atoms with Crippen molar-refractivity contribution >= 4 is 33.9 Å². The first-order valence-corrected chi connectivity index (χ1v) is 15.4. The molecule has 0 saturated heterocycles. The van der Waals surface area contributed by atoms with Gasteiger partial charge in [-0.25, -0.2) is 0 Å². The molecule has 1 nitrogen and oxygen atoms in total. The molecular weight excluding hydrogens is 527 g/mol. The summed E-state index contributed by atoms with van der Waals surface area (Å²) in [6, 6.07) is 49.2. The predicted molar refractivity (Wildman–Crippen MR) is 177 cm³/mol. The monoisotopic (exact) mass is 553 g/mol. The summed E-state index contributed by atoms with van der Waals surface area (Å²) in [5.74, 6) is 0.563. The van der Waals surface area contributed by atoms with Crippen molar-refractivity contribution < 1.29 is 0 Å². The molecule has 0 aromatic heterocycles. The van der Waals surface area contributed by atoms with E-state index in [4.69, 9.17) is 0 Å². The van der Waals surface area contributed by atoms with Gasteiger partial charge in [0, 0.05) is 44.1 Å². The van der Waals surface area contributed by atoms with Gasteiger partial charge >= 0.3 is 0 Å². The molecule has 0 spiro atoms. The number of nitrogens with zero attached hydrogens (tertiary/aromatic N) is 1. The summed E-state index contributed by atoms with van der Waals surface area (Å²) in [6.45, 7) is 0. The predicted octanol–water partition coefficient (Wildman–Crippen LogP) is 11.1. The van der Waals surface area contributed by atoms with Crippen molar-refractivity contribution in [2.24, 2.45) is 0 Å². The number of hydrogen-bond donors (Lipinski definition) is 0. The molecule has 0 saturated carbocycles. The highest BCUT2D eigenvalue weighted by atomic mass is 32.2. The molecule has 2 heteroatoms. The lowest BCUT2D eigenvalue weighted by molar-refractivity contribution is 0.708. The minimum atomic E-state index is 0.276. The van der Waals surface area contributed by atoms with E-state index in [2.05, 4.69) is 157 Å². The number of benzene rings is 6. The number of para-hydroxylation sites is 2. The largest absolute Gasteiger partial charge is 0.313 e. The summed E-state index contributed by atoms with van der Waals surface area (Å²) in [7, 11) is 0. The number of anilines is 2. The molecule has 2 unspecified atom stereocenters. The van der Waals surface area contributed by atoms with Gasteiger partial charge in [-0.15, -0.1) is 0 Å². The number of hydrogen-bond acceptors (Lipinski definition) is 2. The van der Waals surface area contributed by atoms with Crippen molar-refractivity contribution in [3.63, 3.8) is 0 Å². The molecule has 0 amide bonds. The first kappa shape index (κ1) is 23.9. The molecule has 2 heterocycles. The van der Waals surface area contributed by atoms with Gasteiger partial charge in [-0.3, -0.25) is 0 Å². The van der Waals surface area contributed by atoms with Gasteiger partial charge in [0.2, 0.25) is 0 Å². The van der Waals surface area contributed by atoms with Gasteiger partial charge in [0.15, 0.2) is 0 Å². The highest BCUT2D eigenvalue weighted by Gasteiger charge is 2.40. The molecule has 0 bridgehead atoms. The van der Waals surface area contributed by atoms with Crippen LogP contribution in [0.15, 0.2) is 167 Å². The van der Waals surface area contributed by atoms with Crippen LogP contribution in [-0.4, -0.2) is 0 Å². The fourth-order valence-corrected chi connectivity index (χ4v) is 8.35. The van der Waals surface area contributed by atoms with Crippen molar-refractivity contribution in [1.82, 2.24) is 0 Å². The van der Waals surface area contributed by atoms with Crippen LogP contribution in [0.1, 0.15) is 23.0 Å². The SMILES string of the molecule is C1=CC(c2ccc(-c3ccc4c5c(cccc35)-c3ccccc3S4)cc2)C2C(=C1)N(c1ccccc1)c1ccccc12. The molecule has 0 N–H and O–H groups in total. The summed E-state index contributed by atoms with van der Waals surface area (Å²) >= 11 is 1.88. The Morgan fingerprint density at radius 3 is 2.26 bits per heavy atom. The lowest BCUT2D eigenvalue weighted by Crippen LogP contribution is -2.18. The maximum absolute atomic E-state index is 2.44. The smallest absolute Gasteiger partial charge is 0.0497 e. The lowest BCUT2D eigenvalue weighted by Gasteiger charge is -2.29. The Hall–Kier alpha value is -4.79. The Morgan fingerprint density at radius 2 is 1.36 bits per heavy atom. The molecule has 6 aromatic carbocycles. The second kappa shape index (κ2) is 9.37. The lowest BCUT2D eigenvalue weighted by atomic mass is 9.78. The van der Waals surface area contributed by atoms with Gasteiger partial charge in [-0.2, -0.15) is 0 Å². The van der Waals surface area contributed by atoms with E-state index in [0.29, 0.717) is 0 Å². The first-order valence-electron chi connectivity index (χ1n) is 14.6. The normalized spacial score (nSPS) is 17.9. The van der Waals surface area contributed by atoms with Crippen molar-refractivity contribution in [3.8, 4) is 22.3 Å². The van der Waals surface area contributed by atoms with Crippen molar-refractivity contribution in [2.45, 2.75) is 21.6 Å². The van der Waals surface area contributed by atoms with Crippen LogP contribution < -0.4 is 4.90 Å². The Morgan fingerprint density at radius 1 is 0.571 bits per heavy atom. The van der Waals surface area contributed by atoms with E-state index in [1.807, 2.05) is 11.8 Å². The minimum Gasteiger partial charge on any atom is -0.313 e. The molecule has 0 radical (unpaired) electrons. The Kier molecular flexibility index (Phi) is 5.33.